The summed E-state index contributed by atoms with van der Waals surface area (Å²) >= 11 is 0. The highest BCUT2D eigenvalue weighted by Crippen LogP contribution is 2.17. The van der Waals surface area contributed by atoms with Crippen molar-refractivity contribution >= 4 is 15.9 Å². The predicted octanol–water partition coefficient (Wildman–Crippen LogP) is -0.472. The normalized spacial score (nSPS) is 21.3. The molecule has 0 aliphatic carbocycles. The van der Waals surface area contributed by atoms with E-state index in [9.17, 15) is 13.2 Å². The Labute approximate surface area is 127 Å². The summed E-state index contributed by atoms with van der Waals surface area (Å²) in [6.45, 7) is 2.24. The van der Waals surface area contributed by atoms with Gasteiger partial charge in [0.15, 0.2) is 0 Å². The minimum absolute atomic E-state index is 0.0461. The SMILES string of the molecule is COCCCC(N)C(=O)N1CCCC(CNS(C)(=O)=O)C1. The van der Waals surface area contributed by atoms with E-state index >= 15 is 0 Å². The molecule has 21 heavy (non-hydrogen) atoms. The second-order valence-corrected chi connectivity index (χ2v) is 7.49. The molecule has 0 saturated carbocycles. The van der Waals surface area contributed by atoms with Gasteiger partial charge in [0.1, 0.15) is 0 Å². The van der Waals surface area contributed by atoms with Crippen LogP contribution in [0, 0.1) is 5.92 Å². The van der Waals surface area contributed by atoms with Crippen molar-refractivity contribution < 1.29 is 17.9 Å². The molecule has 8 heteroatoms. The van der Waals surface area contributed by atoms with Gasteiger partial charge in [0.2, 0.25) is 15.9 Å². The fourth-order valence-electron chi connectivity index (χ4n) is 2.51. The summed E-state index contributed by atoms with van der Waals surface area (Å²) in [4.78, 5) is 14.0. The monoisotopic (exact) mass is 321 g/mol. The van der Waals surface area contributed by atoms with Gasteiger partial charge >= 0.3 is 0 Å². The number of likely N-dealkylation sites (tertiary alicyclic amines) is 1. The summed E-state index contributed by atoms with van der Waals surface area (Å²) in [7, 11) is -1.56. The van der Waals surface area contributed by atoms with E-state index in [-0.39, 0.29) is 11.8 Å². The summed E-state index contributed by atoms with van der Waals surface area (Å²) in [6, 6.07) is -0.498. The molecule has 0 aromatic heterocycles. The van der Waals surface area contributed by atoms with Crippen LogP contribution in [0.3, 0.4) is 0 Å². The van der Waals surface area contributed by atoms with E-state index in [0.29, 0.717) is 32.7 Å². The molecule has 3 N–H and O–H groups in total. The van der Waals surface area contributed by atoms with Crippen molar-refractivity contribution in [3.8, 4) is 0 Å². The average Bonchev–Trinajstić information content (AvgIpc) is 2.44. The van der Waals surface area contributed by atoms with Gasteiger partial charge in [0, 0.05) is 33.4 Å². The van der Waals surface area contributed by atoms with Gasteiger partial charge < -0.3 is 15.4 Å². The van der Waals surface area contributed by atoms with Gasteiger partial charge in [-0.2, -0.15) is 0 Å². The van der Waals surface area contributed by atoms with Crippen molar-refractivity contribution in [2.75, 3.05) is 39.6 Å². The van der Waals surface area contributed by atoms with Crippen LogP contribution >= 0.6 is 0 Å². The summed E-state index contributed by atoms with van der Waals surface area (Å²) in [5, 5.41) is 0. The quantitative estimate of drug-likeness (QED) is 0.588. The van der Waals surface area contributed by atoms with Crippen LogP contribution < -0.4 is 10.5 Å². The first-order chi connectivity index (χ1) is 9.83. The second kappa shape index (κ2) is 8.67. The summed E-state index contributed by atoms with van der Waals surface area (Å²) < 4.78 is 29.7. The first-order valence-electron chi connectivity index (χ1n) is 7.31. The number of piperidine rings is 1. The van der Waals surface area contributed by atoms with Gasteiger partial charge in [-0.15, -0.1) is 0 Å². The molecule has 1 rings (SSSR count). The van der Waals surface area contributed by atoms with Gasteiger partial charge in [-0.3, -0.25) is 4.79 Å². The number of hydrogen-bond donors (Lipinski definition) is 2. The van der Waals surface area contributed by atoms with E-state index in [0.717, 1.165) is 25.5 Å². The molecule has 1 aliphatic rings. The van der Waals surface area contributed by atoms with Crippen molar-refractivity contribution in [1.29, 1.82) is 0 Å². The molecule has 1 fully saturated rings. The molecular weight excluding hydrogens is 294 g/mol. The maximum Gasteiger partial charge on any atom is 0.239 e. The summed E-state index contributed by atoms with van der Waals surface area (Å²) in [5.74, 6) is 0.110. The largest absolute Gasteiger partial charge is 0.385 e. The second-order valence-electron chi connectivity index (χ2n) is 5.65. The maximum absolute atomic E-state index is 12.3. The molecule has 0 aromatic carbocycles. The molecule has 2 unspecified atom stereocenters. The summed E-state index contributed by atoms with van der Waals surface area (Å²) in [5.41, 5.74) is 5.92. The Morgan fingerprint density at radius 1 is 1.52 bits per heavy atom. The fourth-order valence-corrected chi connectivity index (χ4v) is 3.05. The number of rotatable bonds is 8. The molecule has 7 nitrogen and oxygen atoms in total. The standard InChI is InChI=1S/C13H27N3O4S/c1-20-8-4-6-12(14)13(17)16-7-3-5-11(10-16)9-15-21(2,18)19/h11-12,15H,3-10,14H2,1-2H3. The van der Waals surface area contributed by atoms with Crippen LogP contribution in [-0.4, -0.2) is 64.9 Å². The van der Waals surface area contributed by atoms with Crippen molar-refractivity contribution in [2.45, 2.75) is 31.7 Å². The minimum Gasteiger partial charge on any atom is -0.385 e. The molecule has 0 bridgehead atoms. The molecule has 1 amide bonds. The third kappa shape index (κ3) is 7.21. The van der Waals surface area contributed by atoms with Crippen LogP contribution in [0.15, 0.2) is 0 Å². The number of carbonyl (C=O) groups excluding carboxylic acids is 1. The number of carbonyl (C=O) groups is 1. The van der Waals surface area contributed by atoms with E-state index in [1.165, 1.54) is 0 Å². The van der Waals surface area contributed by atoms with Gasteiger partial charge in [0.05, 0.1) is 12.3 Å². The Morgan fingerprint density at radius 2 is 2.24 bits per heavy atom. The van der Waals surface area contributed by atoms with E-state index in [2.05, 4.69) is 4.72 Å². The zero-order valence-electron chi connectivity index (χ0n) is 12.9. The van der Waals surface area contributed by atoms with Gasteiger partial charge in [-0.25, -0.2) is 13.1 Å². The number of methoxy groups -OCH3 is 1. The lowest BCUT2D eigenvalue weighted by Crippen LogP contribution is -2.49. The number of nitrogens with one attached hydrogen (secondary N) is 1. The van der Waals surface area contributed by atoms with Crippen LogP contribution in [0.2, 0.25) is 0 Å². The number of nitrogens with zero attached hydrogens (tertiary/aromatic N) is 1. The molecule has 124 valence electrons. The average molecular weight is 321 g/mol. The Bertz CT molecular complexity index is 427. The highest BCUT2D eigenvalue weighted by Gasteiger charge is 2.27. The Hall–Kier alpha value is -0.700. The molecule has 0 aromatic rings. The lowest BCUT2D eigenvalue weighted by atomic mass is 9.97. The van der Waals surface area contributed by atoms with E-state index in [4.69, 9.17) is 10.5 Å². The minimum atomic E-state index is -3.18. The van der Waals surface area contributed by atoms with Gasteiger partial charge in [-0.1, -0.05) is 0 Å². The van der Waals surface area contributed by atoms with Gasteiger partial charge in [0.25, 0.3) is 0 Å². The lowest BCUT2D eigenvalue weighted by Gasteiger charge is -2.34. The molecule has 0 radical (unpaired) electrons. The molecule has 1 aliphatic heterocycles. The summed E-state index contributed by atoms with van der Waals surface area (Å²) in [6.07, 6.45) is 4.31. The van der Waals surface area contributed by atoms with Gasteiger partial charge in [-0.05, 0) is 31.6 Å². The molecular formula is C13H27N3O4S. The number of amides is 1. The number of sulfonamides is 1. The van der Waals surface area contributed by atoms with E-state index in [1.807, 2.05) is 0 Å². The van der Waals surface area contributed by atoms with Crippen LogP contribution in [-0.2, 0) is 19.6 Å². The van der Waals surface area contributed by atoms with E-state index < -0.39 is 16.1 Å². The maximum atomic E-state index is 12.3. The van der Waals surface area contributed by atoms with Crippen LogP contribution in [0.1, 0.15) is 25.7 Å². The zero-order chi connectivity index (χ0) is 15.9. The Balaban J connectivity index is 2.42. The highest BCUT2D eigenvalue weighted by atomic mass is 32.2. The lowest BCUT2D eigenvalue weighted by molar-refractivity contribution is -0.134. The van der Waals surface area contributed by atoms with E-state index in [1.54, 1.807) is 12.0 Å². The third-order valence-electron chi connectivity index (χ3n) is 3.65. The van der Waals surface area contributed by atoms with Crippen molar-refractivity contribution in [3.05, 3.63) is 0 Å². The number of ether oxygens (including phenoxy) is 1. The predicted molar refractivity (Wildman–Crippen MR) is 81.2 cm³/mol. The topological polar surface area (TPSA) is 102 Å². The van der Waals surface area contributed by atoms with Crippen LogP contribution in [0.4, 0.5) is 0 Å². The van der Waals surface area contributed by atoms with Crippen LogP contribution in [0.25, 0.3) is 0 Å². The van der Waals surface area contributed by atoms with Crippen molar-refractivity contribution in [3.63, 3.8) is 0 Å². The molecule has 0 spiro atoms. The molecule has 2 atom stereocenters. The smallest absolute Gasteiger partial charge is 0.239 e. The fraction of sp³-hybridized carbons (Fsp3) is 0.923. The molecule has 1 saturated heterocycles. The zero-order valence-corrected chi connectivity index (χ0v) is 13.7. The van der Waals surface area contributed by atoms with Crippen molar-refractivity contribution in [2.24, 2.45) is 11.7 Å². The Morgan fingerprint density at radius 3 is 2.86 bits per heavy atom. The molecule has 1 heterocycles. The number of nitrogens with two attached hydrogens (primary N) is 1. The third-order valence-corrected chi connectivity index (χ3v) is 4.34. The first-order valence-corrected chi connectivity index (χ1v) is 9.20. The Kier molecular flexibility index (Phi) is 7.58. The van der Waals surface area contributed by atoms with Crippen LogP contribution in [0.5, 0.6) is 0 Å². The first kappa shape index (κ1) is 18.3. The number of hydrogen-bond acceptors (Lipinski definition) is 5. The highest BCUT2D eigenvalue weighted by molar-refractivity contribution is 7.88. The van der Waals surface area contributed by atoms with Crippen molar-refractivity contribution in [1.82, 2.24) is 9.62 Å².